The van der Waals surface area contributed by atoms with Crippen LogP contribution in [0.4, 0.5) is 0 Å². The SMILES string of the molecule is CC(C)CSCCCNCc1nccn1C. The summed E-state index contributed by atoms with van der Waals surface area (Å²) >= 11 is 2.05. The Balaban J connectivity index is 1.94. The first kappa shape index (κ1) is 13.6. The van der Waals surface area contributed by atoms with Gasteiger partial charge in [0, 0.05) is 19.4 Å². The average Bonchev–Trinajstić information content (AvgIpc) is 2.62. The Morgan fingerprint density at radius 3 is 2.94 bits per heavy atom. The molecule has 0 aliphatic carbocycles. The van der Waals surface area contributed by atoms with E-state index in [0.29, 0.717) is 0 Å². The highest BCUT2D eigenvalue weighted by molar-refractivity contribution is 7.99. The Labute approximate surface area is 103 Å². The van der Waals surface area contributed by atoms with Crippen molar-refractivity contribution >= 4 is 11.8 Å². The minimum Gasteiger partial charge on any atom is -0.337 e. The van der Waals surface area contributed by atoms with E-state index in [1.165, 1.54) is 17.9 Å². The number of nitrogens with one attached hydrogen (secondary N) is 1. The molecular formula is C12H23N3S. The highest BCUT2D eigenvalue weighted by atomic mass is 32.2. The fourth-order valence-corrected chi connectivity index (χ4v) is 2.37. The molecule has 0 aromatic carbocycles. The van der Waals surface area contributed by atoms with Crippen LogP contribution in [0.15, 0.2) is 12.4 Å². The summed E-state index contributed by atoms with van der Waals surface area (Å²) < 4.78 is 2.06. The Kier molecular flexibility index (Phi) is 6.57. The summed E-state index contributed by atoms with van der Waals surface area (Å²) in [5.41, 5.74) is 0. The van der Waals surface area contributed by atoms with Crippen LogP contribution in [-0.4, -0.2) is 27.6 Å². The zero-order valence-electron chi connectivity index (χ0n) is 10.6. The fourth-order valence-electron chi connectivity index (χ4n) is 1.39. The molecule has 0 radical (unpaired) electrons. The summed E-state index contributed by atoms with van der Waals surface area (Å²) in [6.07, 6.45) is 5.06. The van der Waals surface area contributed by atoms with Gasteiger partial charge in [-0.15, -0.1) is 0 Å². The van der Waals surface area contributed by atoms with Crippen molar-refractivity contribution in [3.05, 3.63) is 18.2 Å². The molecule has 1 rings (SSSR count). The molecule has 1 aromatic rings. The molecule has 0 saturated heterocycles. The predicted molar refractivity (Wildman–Crippen MR) is 71.7 cm³/mol. The quantitative estimate of drug-likeness (QED) is 0.708. The van der Waals surface area contributed by atoms with Gasteiger partial charge in [-0.2, -0.15) is 11.8 Å². The summed E-state index contributed by atoms with van der Waals surface area (Å²) in [5.74, 6) is 4.45. The van der Waals surface area contributed by atoms with Gasteiger partial charge < -0.3 is 9.88 Å². The molecule has 92 valence electrons. The molecule has 1 aromatic heterocycles. The second-order valence-corrected chi connectivity index (χ2v) is 5.60. The van der Waals surface area contributed by atoms with Gasteiger partial charge in [0.1, 0.15) is 5.82 Å². The number of hydrogen-bond acceptors (Lipinski definition) is 3. The molecular weight excluding hydrogens is 218 g/mol. The van der Waals surface area contributed by atoms with Crippen molar-refractivity contribution in [1.82, 2.24) is 14.9 Å². The molecule has 1 N–H and O–H groups in total. The first-order valence-electron chi connectivity index (χ1n) is 5.95. The maximum absolute atomic E-state index is 4.27. The summed E-state index contributed by atoms with van der Waals surface area (Å²) in [7, 11) is 2.03. The second kappa shape index (κ2) is 7.74. The summed E-state index contributed by atoms with van der Waals surface area (Å²) in [5, 5.41) is 3.42. The topological polar surface area (TPSA) is 29.9 Å². The van der Waals surface area contributed by atoms with Crippen LogP contribution in [-0.2, 0) is 13.6 Å². The van der Waals surface area contributed by atoms with Crippen LogP contribution in [0.1, 0.15) is 26.1 Å². The zero-order chi connectivity index (χ0) is 11.8. The van der Waals surface area contributed by atoms with E-state index in [2.05, 4.69) is 40.5 Å². The minimum absolute atomic E-state index is 0.811. The maximum Gasteiger partial charge on any atom is 0.122 e. The van der Waals surface area contributed by atoms with Gasteiger partial charge in [-0.05, 0) is 30.4 Å². The zero-order valence-corrected chi connectivity index (χ0v) is 11.4. The lowest BCUT2D eigenvalue weighted by atomic mass is 10.3. The number of aromatic nitrogens is 2. The Morgan fingerprint density at radius 1 is 1.50 bits per heavy atom. The van der Waals surface area contributed by atoms with E-state index in [1.807, 2.05) is 19.4 Å². The first-order valence-corrected chi connectivity index (χ1v) is 7.10. The number of aryl methyl sites for hydroxylation is 1. The standard InChI is InChI=1S/C12H23N3S/c1-11(2)10-16-8-4-5-13-9-12-14-6-7-15(12)3/h6-7,11,13H,4-5,8-10H2,1-3H3. The largest absolute Gasteiger partial charge is 0.337 e. The van der Waals surface area contributed by atoms with E-state index >= 15 is 0 Å². The Morgan fingerprint density at radius 2 is 2.31 bits per heavy atom. The van der Waals surface area contributed by atoms with E-state index in [4.69, 9.17) is 0 Å². The van der Waals surface area contributed by atoms with Crippen LogP contribution < -0.4 is 5.32 Å². The number of rotatable bonds is 8. The number of nitrogens with zero attached hydrogens (tertiary/aromatic N) is 2. The number of imidazole rings is 1. The lowest BCUT2D eigenvalue weighted by Gasteiger charge is -2.06. The third kappa shape index (κ3) is 5.56. The molecule has 0 atom stereocenters. The van der Waals surface area contributed by atoms with Gasteiger partial charge in [0.2, 0.25) is 0 Å². The molecule has 3 nitrogen and oxygen atoms in total. The van der Waals surface area contributed by atoms with Gasteiger partial charge in [0.05, 0.1) is 6.54 Å². The van der Waals surface area contributed by atoms with Gasteiger partial charge in [-0.25, -0.2) is 4.98 Å². The molecule has 0 spiro atoms. The van der Waals surface area contributed by atoms with Crippen LogP contribution in [0.5, 0.6) is 0 Å². The first-order chi connectivity index (χ1) is 7.70. The van der Waals surface area contributed by atoms with E-state index in [1.54, 1.807) is 0 Å². The van der Waals surface area contributed by atoms with Crippen molar-refractivity contribution in [2.75, 3.05) is 18.1 Å². The molecule has 0 fully saturated rings. The minimum atomic E-state index is 0.811. The molecule has 0 bridgehead atoms. The molecule has 4 heteroatoms. The average molecular weight is 241 g/mol. The van der Waals surface area contributed by atoms with E-state index in [-0.39, 0.29) is 0 Å². The maximum atomic E-state index is 4.27. The van der Waals surface area contributed by atoms with Gasteiger partial charge in [0.25, 0.3) is 0 Å². The van der Waals surface area contributed by atoms with Crippen molar-refractivity contribution in [3.63, 3.8) is 0 Å². The van der Waals surface area contributed by atoms with Crippen molar-refractivity contribution in [2.45, 2.75) is 26.8 Å². The fraction of sp³-hybridized carbons (Fsp3) is 0.750. The van der Waals surface area contributed by atoms with E-state index < -0.39 is 0 Å². The van der Waals surface area contributed by atoms with E-state index in [0.717, 1.165) is 24.8 Å². The molecule has 16 heavy (non-hydrogen) atoms. The van der Waals surface area contributed by atoms with E-state index in [9.17, 15) is 0 Å². The Hall–Kier alpha value is -0.480. The molecule has 0 saturated carbocycles. The third-order valence-corrected chi connectivity index (χ3v) is 3.78. The van der Waals surface area contributed by atoms with Crippen molar-refractivity contribution in [3.8, 4) is 0 Å². The number of hydrogen-bond donors (Lipinski definition) is 1. The highest BCUT2D eigenvalue weighted by Gasteiger charge is 1.98. The second-order valence-electron chi connectivity index (χ2n) is 4.45. The van der Waals surface area contributed by atoms with Crippen LogP contribution in [0.3, 0.4) is 0 Å². The van der Waals surface area contributed by atoms with Crippen molar-refractivity contribution in [1.29, 1.82) is 0 Å². The lowest BCUT2D eigenvalue weighted by molar-refractivity contribution is 0.632. The molecule has 0 amide bonds. The molecule has 0 aliphatic heterocycles. The van der Waals surface area contributed by atoms with Crippen LogP contribution in [0.2, 0.25) is 0 Å². The van der Waals surface area contributed by atoms with Gasteiger partial charge in [-0.1, -0.05) is 13.8 Å². The Bertz CT molecular complexity index is 284. The molecule has 0 unspecified atom stereocenters. The van der Waals surface area contributed by atoms with Crippen LogP contribution in [0, 0.1) is 5.92 Å². The summed E-state index contributed by atoms with van der Waals surface area (Å²) in [4.78, 5) is 4.27. The van der Waals surface area contributed by atoms with Crippen molar-refractivity contribution in [2.24, 2.45) is 13.0 Å². The summed E-state index contributed by atoms with van der Waals surface area (Å²) in [6, 6.07) is 0. The normalized spacial score (nSPS) is 11.2. The van der Waals surface area contributed by atoms with Crippen molar-refractivity contribution < 1.29 is 0 Å². The van der Waals surface area contributed by atoms with Crippen LogP contribution >= 0.6 is 11.8 Å². The third-order valence-electron chi connectivity index (χ3n) is 2.30. The summed E-state index contributed by atoms with van der Waals surface area (Å²) in [6.45, 7) is 6.49. The number of thioether (sulfide) groups is 1. The van der Waals surface area contributed by atoms with Crippen LogP contribution in [0.25, 0.3) is 0 Å². The van der Waals surface area contributed by atoms with Gasteiger partial charge in [0.15, 0.2) is 0 Å². The smallest absolute Gasteiger partial charge is 0.122 e. The molecule has 0 aliphatic rings. The highest BCUT2D eigenvalue weighted by Crippen LogP contribution is 2.07. The molecule has 1 heterocycles. The predicted octanol–water partition coefficient (Wildman–Crippen LogP) is 2.29. The lowest BCUT2D eigenvalue weighted by Crippen LogP contribution is -2.17. The van der Waals surface area contributed by atoms with Gasteiger partial charge >= 0.3 is 0 Å². The van der Waals surface area contributed by atoms with Gasteiger partial charge in [-0.3, -0.25) is 0 Å². The monoisotopic (exact) mass is 241 g/mol.